The standard InChI is InChI=1S/C11H12ClN3O2/c1-7-8(5-13)11(14-6-9(7)12)15(2)4-3-10(16)17/h6H,3-4H2,1-2H3,(H,16,17). The minimum atomic E-state index is -0.888. The molecule has 1 N–H and O–H groups in total. The molecule has 1 heterocycles. The molecule has 0 fully saturated rings. The molecule has 0 aromatic carbocycles. The van der Waals surface area contributed by atoms with E-state index in [0.717, 1.165) is 0 Å². The zero-order valence-corrected chi connectivity index (χ0v) is 10.3. The molecule has 6 heteroatoms. The minimum absolute atomic E-state index is 0.00920. The number of halogens is 1. The van der Waals surface area contributed by atoms with Crippen LogP contribution in [0.15, 0.2) is 6.20 Å². The van der Waals surface area contributed by atoms with E-state index in [1.807, 2.05) is 6.07 Å². The van der Waals surface area contributed by atoms with Gasteiger partial charge in [0.2, 0.25) is 0 Å². The van der Waals surface area contributed by atoms with Crippen LogP contribution in [-0.4, -0.2) is 29.7 Å². The fraction of sp³-hybridized carbons (Fsp3) is 0.364. The Labute approximate surface area is 104 Å². The van der Waals surface area contributed by atoms with Gasteiger partial charge in [-0.25, -0.2) is 4.98 Å². The van der Waals surface area contributed by atoms with Gasteiger partial charge in [-0.3, -0.25) is 4.79 Å². The van der Waals surface area contributed by atoms with Crippen LogP contribution in [0.3, 0.4) is 0 Å². The van der Waals surface area contributed by atoms with Crippen molar-refractivity contribution >= 4 is 23.4 Å². The summed E-state index contributed by atoms with van der Waals surface area (Å²) in [5, 5.41) is 18.1. The molecule has 0 spiro atoms. The largest absolute Gasteiger partial charge is 0.481 e. The van der Waals surface area contributed by atoms with E-state index in [9.17, 15) is 4.79 Å². The summed E-state index contributed by atoms with van der Waals surface area (Å²) >= 11 is 5.87. The number of carboxylic acid groups (broad SMARTS) is 1. The second-order valence-electron chi connectivity index (χ2n) is 3.61. The number of carbonyl (C=O) groups is 1. The first kappa shape index (κ1) is 13.3. The lowest BCUT2D eigenvalue weighted by molar-refractivity contribution is -0.136. The number of aliphatic carboxylic acids is 1. The minimum Gasteiger partial charge on any atom is -0.481 e. The second kappa shape index (κ2) is 5.51. The van der Waals surface area contributed by atoms with Crippen molar-refractivity contribution in [2.75, 3.05) is 18.5 Å². The van der Waals surface area contributed by atoms with Crippen LogP contribution in [0.2, 0.25) is 5.02 Å². The van der Waals surface area contributed by atoms with E-state index in [0.29, 0.717) is 22.0 Å². The number of hydrogen-bond acceptors (Lipinski definition) is 4. The molecule has 0 amide bonds. The maximum Gasteiger partial charge on any atom is 0.305 e. The van der Waals surface area contributed by atoms with Crippen molar-refractivity contribution in [2.45, 2.75) is 13.3 Å². The second-order valence-corrected chi connectivity index (χ2v) is 4.01. The van der Waals surface area contributed by atoms with Crippen molar-refractivity contribution in [1.82, 2.24) is 4.98 Å². The predicted molar refractivity (Wildman–Crippen MR) is 64.2 cm³/mol. The topological polar surface area (TPSA) is 77.2 Å². The summed E-state index contributed by atoms with van der Waals surface area (Å²) in [6.45, 7) is 2.02. The average Bonchev–Trinajstić information content (AvgIpc) is 2.29. The van der Waals surface area contributed by atoms with Gasteiger partial charge in [0, 0.05) is 19.8 Å². The number of carboxylic acids is 1. The number of nitrogens with zero attached hydrogens (tertiary/aromatic N) is 3. The van der Waals surface area contributed by atoms with Gasteiger partial charge >= 0.3 is 5.97 Å². The van der Waals surface area contributed by atoms with Crippen molar-refractivity contribution in [3.63, 3.8) is 0 Å². The number of anilines is 1. The van der Waals surface area contributed by atoms with Crippen LogP contribution in [0.1, 0.15) is 17.5 Å². The molecular formula is C11H12ClN3O2. The lowest BCUT2D eigenvalue weighted by Crippen LogP contribution is -2.23. The quantitative estimate of drug-likeness (QED) is 0.886. The maximum absolute atomic E-state index is 10.5. The summed E-state index contributed by atoms with van der Waals surface area (Å²) in [6.07, 6.45) is 1.45. The van der Waals surface area contributed by atoms with E-state index >= 15 is 0 Å². The zero-order valence-electron chi connectivity index (χ0n) is 9.57. The smallest absolute Gasteiger partial charge is 0.305 e. The first-order valence-electron chi connectivity index (χ1n) is 4.95. The predicted octanol–water partition coefficient (Wildman–Crippen LogP) is 1.83. The fourth-order valence-electron chi connectivity index (χ4n) is 1.36. The van der Waals surface area contributed by atoms with Gasteiger partial charge in [-0.15, -0.1) is 0 Å². The molecule has 90 valence electrons. The van der Waals surface area contributed by atoms with E-state index in [2.05, 4.69) is 4.98 Å². The van der Waals surface area contributed by atoms with Gasteiger partial charge < -0.3 is 10.0 Å². The monoisotopic (exact) mass is 253 g/mol. The first-order chi connectivity index (χ1) is 7.97. The molecule has 0 aliphatic rings. The highest BCUT2D eigenvalue weighted by molar-refractivity contribution is 6.31. The average molecular weight is 254 g/mol. The Kier molecular flexibility index (Phi) is 4.30. The highest BCUT2D eigenvalue weighted by atomic mass is 35.5. The first-order valence-corrected chi connectivity index (χ1v) is 5.33. The van der Waals surface area contributed by atoms with Gasteiger partial charge in [-0.1, -0.05) is 11.6 Å². The van der Waals surface area contributed by atoms with Crippen molar-refractivity contribution in [2.24, 2.45) is 0 Å². The molecule has 0 atom stereocenters. The summed E-state index contributed by atoms with van der Waals surface area (Å²) in [7, 11) is 1.69. The van der Waals surface area contributed by atoms with E-state index in [4.69, 9.17) is 22.0 Å². The van der Waals surface area contributed by atoms with Crippen molar-refractivity contribution < 1.29 is 9.90 Å². The van der Waals surface area contributed by atoms with E-state index in [1.54, 1.807) is 18.9 Å². The summed E-state index contributed by atoms with van der Waals surface area (Å²) in [6, 6.07) is 2.04. The normalized spacial score (nSPS) is 9.76. The van der Waals surface area contributed by atoms with E-state index < -0.39 is 5.97 Å². The highest BCUT2D eigenvalue weighted by Gasteiger charge is 2.14. The van der Waals surface area contributed by atoms with Crippen LogP contribution in [-0.2, 0) is 4.79 Å². The Morgan fingerprint density at radius 3 is 2.88 bits per heavy atom. The zero-order chi connectivity index (χ0) is 13.0. The molecule has 0 aliphatic heterocycles. The van der Waals surface area contributed by atoms with Crippen molar-refractivity contribution in [3.8, 4) is 6.07 Å². The van der Waals surface area contributed by atoms with E-state index in [-0.39, 0.29) is 13.0 Å². The SMILES string of the molecule is Cc1c(Cl)cnc(N(C)CCC(=O)O)c1C#N. The third-order valence-electron chi connectivity index (χ3n) is 2.39. The third kappa shape index (κ3) is 3.08. The molecule has 0 bridgehead atoms. The Morgan fingerprint density at radius 2 is 2.35 bits per heavy atom. The van der Waals surface area contributed by atoms with E-state index in [1.165, 1.54) is 6.20 Å². The number of hydrogen-bond donors (Lipinski definition) is 1. The van der Waals surface area contributed by atoms with Crippen LogP contribution in [0.5, 0.6) is 0 Å². The number of aromatic nitrogens is 1. The number of rotatable bonds is 4. The molecule has 1 aromatic heterocycles. The molecule has 1 aromatic rings. The van der Waals surface area contributed by atoms with Gasteiger partial charge in [0.05, 0.1) is 17.0 Å². The lowest BCUT2D eigenvalue weighted by Gasteiger charge is -2.19. The van der Waals surface area contributed by atoms with Gasteiger partial charge in [-0.05, 0) is 12.5 Å². The summed E-state index contributed by atoms with van der Waals surface area (Å²) in [5.74, 6) is -0.434. The molecule has 0 saturated heterocycles. The number of pyridine rings is 1. The Balaban J connectivity index is 3.02. The molecule has 0 saturated carbocycles. The molecule has 5 nitrogen and oxygen atoms in total. The highest BCUT2D eigenvalue weighted by Crippen LogP contribution is 2.25. The molecule has 17 heavy (non-hydrogen) atoms. The number of nitriles is 1. The summed E-state index contributed by atoms with van der Waals surface area (Å²) in [4.78, 5) is 16.2. The molecule has 0 unspecified atom stereocenters. The Hall–Kier alpha value is -1.80. The van der Waals surface area contributed by atoms with Gasteiger partial charge in [-0.2, -0.15) is 5.26 Å². The van der Waals surface area contributed by atoms with Crippen LogP contribution >= 0.6 is 11.6 Å². The van der Waals surface area contributed by atoms with Crippen LogP contribution in [0.25, 0.3) is 0 Å². The summed E-state index contributed by atoms with van der Waals surface area (Å²) in [5.41, 5.74) is 1.03. The third-order valence-corrected chi connectivity index (χ3v) is 2.77. The van der Waals surface area contributed by atoms with Crippen LogP contribution in [0.4, 0.5) is 5.82 Å². The van der Waals surface area contributed by atoms with Gasteiger partial charge in [0.15, 0.2) is 0 Å². The van der Waals surface area contributed by atoms with Crippen LogP contribution in [0, 0.1) is 18.3 Å². The van der Waals surface area contributed by atoms with Gasteiger partial charge in [0.25, 0.3) is 0 Å². The Bertz CT molecular complexity index is 482. The Morgan fingerprint density at radius 1 is 1.71 bits per heavy atom. The van der Waals surface area contributed by atoms with Crippen molar-refractivity contribution in [1.29, 1.82) is 5.26 Å². The van der Waals surface area contributed by atoms with Crippen molar-refractivity contribution in [3.05, 3.63) is 22.3 Å². The lowest BCUT2D eigenvalue weighted by atomic mass is 10.1. The molecule has 0 radical (unpaired) electrons. The maximum atomic E-state index is 10.5. The molecular weight excluding hydrogens is 242 g/mol. The molecule has 0 aliphatic carbocycles. The fourth-order valence-corrected chi connectivity index (χ4v) is 1.50. The van der Waals surface area contributed by atoms with Gasteiger partial charge in [0.1, 0.15) is 11.9 Å². The summed E-state index contributed by atoms with van der Waals surface area (Å²) < 4.78 is 0. The molecule has 1 rings (SSSR count). The van der Waals surface area contributed by atoms with Crippen LogP contribution < -0.4 is 4.90 Å².